The smallest absolute Gasteiger partial charge is 0.303 e. The lowest BCUT2D eigenvalue weighted by molar-refractivity contribution is -0.143. The van der Waals surface area contributed by atoms with E-state index >= 15 is 0 Å². The van der Waals surface area contributed by atoms with E-state index in [1.807, 2.05) is 0 Å². The maximum absolute atomic E-state index is 13.4. The third-order valence-electron chi connectivity index (χ3n) is 6.41. The number of para-hydroxylation sites is 2. The second-order valence-electron chi connectivity index (χ2n) is 9.95. The van der Waals surface area contributed by atoms with Gasteiger partial charge in [-0.15, -0.1) is 0 Å². The number of amides is 3. The van der Waals surface area contributed by atoms with Crippen LogP contribution in [0, 0.1) is 11.8 Å². The lowest BCUT2D eigenvalue weighted by Crippen LogP contribution is -2.57. The number of nitrogens with zero attached hydrogens (tertiary/aromatic N) is 2. The van der Waals surface area contributed by atoms with Crippen molar-refractivity contribution in [2.24, 2.45) is 11.8 Å². The number of carboxylic acids is 1. The molecule has 0 radical (unpaired) electrons. The van der Waals surface area contributed by atoms with Gasteiger partial charge in [0.15, 0.2) is 5.58 Å². The molecule has 0 aliphatic carbocycles. The first kappa shape index (κ1) is 27.8. The van der Waals surface area contributed by atoms with Crippen molar-refractivity contribution in [2.75, 3.05) is 6.54 Å². The molecular weight excluding hydrogens is 480 g/mol. The van der Waals surface area contributed by atoms with Crippen LogP contribution in [0.15, 0.2) is 28.7 Å². The van der Waals surface area contributed by atoms with Gasteiger partial charge in [-0.1, -0.05) is 39.8 Å². The summed E-state index contributed by atoms with van der Waals surface area (Å²) in [4.78, 5) is 68.6. The van der Waals surface area contributed by atoms with Crippen molar-refractivity contribution in [3.63, 3.8) is 0 Å². The Bertz CT molecular complexity index is 1140. The van der Waals surface area contributed by atoms with Gasteiger partial charge in [-0.2, -0.15) is 0 Å². The first-order chi connectivity index (χ1) is 17.5. The summed E-state index contributed by atoms with van der Waals surface area (Å²) in [6, 6.07) is 4.37. The fourth-order valence-corrected chi connectivity index (χ4v) is 4.36. The topological polar surface area (TPSA) is 159 Å². The van der Waals surface area contributed by atoms with Gasteiger partial charge in [0.1, 0.15) is 17.6 Å². The summed E-state index contributed by atoms with van der Waals surface area (Å²) < 4.78 is 5.60. The SMILES string of the molecule is CC(C)[C@H](NC(=O)[C@@H]1CCCN1C(=O)[C@@H](NC(=O)CCC(=O)O)C(C)C)C(=O)c1nc2ccccc2o1. The van der Waals surface area contributed by atoms with Crippen LogP contribution in [0.3, 0.4) is 0 Å². The first-order valence-electron chi connectivity index (χ1n) is 12.5. The zero-order chi connectivity index (χ0) is 27.3. The number of fused-ring (bicyclic) bond motifs is 1. The molecule has 0 bridgehead atoms. The second kappa shape index (κ2) is 12.0. The van der Waals surface area contributed by atoms with Gasteiger partial charge in [0.25, 0.3) is 5.89 Å². The number of carbonyl (C=O) groups is 5. The minimum Gasteiger partial charge on any atom is -0.481 e. The zero-order valence-electron chi connectivity index (χ0n) is 21.5. The summed E-state index contributed by atoms with van der Waals surface area (Å²) in [5.74, 6) is -3.63. The predicted octanol–water partition coefficient (Wildman–Crippen LogP) is 2.15. The van der Waals surface area contributed by atoms with Crippen molar-refractivity contribution in [2.45, 2.75) is 71.5 Å². The highest BCUT2D eigenvalue weighted by atomic mass is 16.4. The Morgan fingerprint density at radius 3 is 2.32 bits per heavy atom. The maximum Gasteiger partial charge on any atom is 0.303 e. The number of hydrogen-bond donors (Lipinski definition) is 3. The van der Waals surface area contributed by atoms with E-state index in [0.29, 0.717) is 30.5 Å². The van der Waals surface area contributed by atoms with Crippen LogP contribution in [0.2, 0.25) is 0 Å². The Kier molecular flexibility index (Phi) is 9.01. The van der Waals surface area contributed by atoms with Crippen molar-refractivity contribution in [1.29, 1.82) is 0 Å². The van der Waals surface area contributed by atoms with Crippen LogP contribution in [-0.2, 0) is 19.2 Å². The van der Waals surface area contributed by atoms with Gasteiger partial charge < -0.3 is 25.1 Å². The molecule has 3 atom stereocenters. The van der Waals surface area contributed by atoms with E-state index in [0.717, 1.165) is 0 Å². The highest BCUT2D eigenvalue weighted by Gasteiger charge is 2.40. The van der Waals surface area contributed by atoms with Crippen LogP contribution in [0.5, 0.6) is 0 Å². The molecule has 0 saturated carbocycles. The van der Waals surface area contributed by atoms with Gasteiger partial charge >= 0.3 is 5.97 Å². The number of aliphatic carboxylic acids is 1. The standard InChI is InChI=1S/C26H34N4O7/c1-14(2)21(23(34)25-27-16-8-5-6-10-18(16)37-25)29-24(35)17-9-7-13-30(17)26(36)22(15(3)4)28-19(31)11-12-20(32)33/h5-6,8,10,14-15,17,21-22H,7,9,11-13H2,1-4H3,(H,28,31)(H,29,35)(H,32,33)/t17-,21-,22-/m0/s1. The van der Waals surface area contributed by atoms with Gasteiger partial charge in [0.2, 0.25) is 23.5 Å². The van der Waals surface area contributed by atoms with Crippen LogP contribution < -0.4 is 10.6 Å². The predicted molar refractivity (Wildman–Crippen MR) is 133 cm³/mol. The summed E-state index contributed by atoms with van der Waals surface area (Å²) in [7, 11) is 0. The number of benzene rings is 1. The molecule has 1 saturated heterocycles. The normalized spacial score (nSPS) is 17.1. The third-order valence-corrected chi connectivity index (χ3v) is 6.41. The number of rotatable bonds is 11. The number of oxazole rings is 1. The Hall–Kier alpha value is -3.76. The minimum absolute atomic E-state index is 0.0940. The Labute approximate surface area is 215 Å². The summed E-state index contributed by atoms with van der Waals surface area (Å²) >= 11 is 0. The summed E-state index contributed by atoms with van der Waals surface area (Å²) in [5, 5.41) is 14.2. The molecule has 2 aromatic rings. The van der Waals surface area contributed by atoms with Crippen molar-refractivity contribution >= 4 is 40.6 Å². The monoisotopic (exact) mass is 514 g/mol. The molecule has 0 spiro atoms. The van der Waals surface area contributed by atoms with Gasteiger partial charge in [0, 0.05) is 13.0 Å². The molecule has 0 unspecified atom stereocenters. The molecule has 11 heteroatoms. The Morgan fingerprint density at radius 1 is 1.03 bits per heavy atom. The van der Waals surface area contributed by atoms with E-state index in [1.54, 1.807) is 52.0 Å². The fraction of sp³-hybridized carbons (Fsp3) is 0.538. The van der Waals surface area contributed by atoms with E-state index < -0.39 is 47.6 Å². The van der Waals surface area contributed by atoms with Crippen LogP contribution in [-0.4, -0.2) is 69.1 Å². The summed E-state index contributed by atoms with van der Waals surface area (Å²) in [6.07, 6.45) is 0.415. The van der Waals surface area contributed by atoms with E-state index in [9.17, 15) is 24.0 Å². The lowest BCUT2D eigenvalue weighted by Gasteiger charge is -2.31. The molecule has 2 heterocycles. The average molecular weight is 515 g/mol. The molecule has 1 aromatic carbocycles. The van der Waals surface area contributed by atoms with Crippen molar-refractivity contribution < 1.29 is 33.5 Å². The molecule has 3 amide bonds. The first-order valence-corrected chi connectivity index (χ1v) is 12.5. The quantitative estimate of drug-likeness (QED) is 0.385. The molecular formula is C26H34N4O7. The number of hydrogen-bond acceptors (Lipinski definition) is 7. The maximum atomic E-state index is 13.4. The highest BCUT2D eigenvalue weighted by molar-refractivity contribution is 6.01. The van der Waals surface area contributed by atoms with Crippen molar-refractivity contribution in [3.8, 4) is 0 Å². The largest absolute Gasteiger partial charge is 0.481 e. The number of aromatic nitrogens is 1. The van der Waals surface area contributed by atoms with E-state index in [4.69, 9.17) is 9.52 Å². The fourth-order valence-electron chi connectivity index (χ4n) is 4.36. The molecule has 3 N–H and O–H groups in total. The number of carbonyl (C=O) groups excluding carboxylic acids is 4. The second-order valence-corrected chi connectivity index (χ2v) is 9.95. The van der Waals surface area contributed by atoms with Gasteiger partial charge in [-0.3, -0.25) is 24.0 Å². The number of carboxylic acid groups (broad SMARTS) is 1. The van der Waals surface area contributed by atoms with Gasteiger partial charge in [-0.05, 0) is 36.8 Å². The molecule has 3 rings (SSSR count). The molecule has 11 nitrogen and oxygen atoms in total. The van der Waals surface area contributed by atoms with Crippen LogP contribution in [0.4, 0.5) is 0 Å². The minimum atomic E-state index is -1.11. The van der Waals surface area contributed by atoms with Crippen molar-refractivity contribution in [3.05, 3.63) is 30.2 Å². The van der Waals surface area contributed by atoms with Crippen molar-refractivity contribution in [1.82, 2.24) is 20.5 Å². The number of likely N-dealkylation sites (tertiary alicyclic amines) is 1. The summed E-state index contributed by atoms with van der Waals surface area (Å²) in [6.45, 7) is 7.45. The van der Waals surface area contributed by atoms with E-state index in [1.165, 1.54) is 4.90 Å². The lowest BCUT2D eigenvalue weighted by atomic mass is 9.98. The highest BCUT2D eigenvalue weighted by Crippen LogP contribution is 2.22. The molecule has 1 aliphatic heterocycles. The number of Topliss-reactive ketones (excluding diaryl/α,β-unsaturated/α-hetero) is 1. The van der Waals surface area contributed by atoms with Gasteiger partial charge in [0.05, 0.1) is 12.5 Å². The zero-order valence-corrected chi connectivity index (χ0v) is 21.5. The van der Waals surface area contributed by atoms with Gasteiger partial charge in [-0.25, -0.2) is 4.98 Å². The number of nitrogens with one attached hydrogen (secondary N) is 2. The summed E-state index contributed by atoms with van der Waals surface area (Å²) in [5.41, 5.74) is 1.01. The molecule has 200 valence electrons. The van der Waals surface area contributed by atoms with Crippen LogP contribution in [0.25, 0.3) is 11.1 Å². The molecule has 37 heavy (non-hydrogen) atoms. The van der Waals surface area contributed by atoms with E-state index in [2.05, 4.69) is 15.6 Å². The molecule has 1 aliphatic rings. The van der Waals surface area contributed by atoms with E-state index in [-0.39, 0.29) is 30.6 Å². The number of ketones is 1. The van der Waals surface area contributed by atoms with Crippen LogP contribution >= 0.6 is 0 Å². The Morgan fingerprint density at radius 2 is 1.70 bits per heavy atom. The third kappa shape index (κ3) is 6.72. The van der Waals surface area contributed by atoms with Crippen LogP contribution in [0.1, 0.15) is 64.1 Å². The molecule has 1 aromatic heterocycles. The average Bonchev–Trinajstić information content (AvgIpc) is 3.50. The Balaban J connectivity index is 1.72. The molecule has 1 fully saturated rings.